The van der Waals surface area contributed by atoms with Gasteiger partial charge in [0.1, 0.15) is 0 Å². The molecule has 0 aliphatic heterocycles. The fourth-order valence-electron chi connectivity index (χ4n) is 1.74. The summed E-state index contributed by atoms with van der Waals surface area (Å²) in [7, 11) is 0. The first-order valence-corrected chi connectivity index (χ1v) is 6.08. The Bertz CT molecular complexity index is 539. The second-order valence-corrected chi connectivity index (χ2v) is 3.99. The van der Waals surface area contributed by atoms with Crippen LogP contribution in [0, 0.1) is 0 Å². The van der Waals surface area contributed by atoms with Gasteiger partial charge >= 0.3 is 0 Å². The minimum Gasteiger partial charge on any atom is -0.399 e. The van der Waals surface area contributed by atoms with Crippen LogP contribution in [0.25, 0.3) is 0 Å². The second-order valence-electron chi connectivity index (χ2n) is 3.99. The normalized spacial score (nSPS) is 10.3. The van der Waals surface area contributed by atoms with Gasteiger partial charge in [0, 0.05) is 11.4 Å². The van der Waals surface area contributed by atoms with Gasteiger partial charge < -0.3 is 11.1 Å². The number of nitrogens with two attached hydrogens (primary N) is 1. The van der Waals surface area contributed by atoms with Crippen LogP contribution < -0.4 is 11.1 Å². The number of nitrogens with one attached hydrogen (secondary N) is 1. The van der Waals surface area contributed by atoms with Crippen molar-refractivity contribution in [3.8, 4) is 0 Å². The van der Waals surface area contributed by atoms with Gasteiger partial charge in [0.05, 0.1) is 11.4 Å². The highest BCUT2D eigenvalue weighted by atomic mass is 15.2. The number of aryl methyl sites for hydroxylation is 2. The Kier molecular flexibility index (Phi) is 3.72. The van der Waals surface area contributed by atoms with Crippen LogP contribution in [0.3, 0.4) is 0 Å². The quantitative estimate of drug-likeness (QED) is 0.806. The summed E-state index contributed by atoms with van der Waals surface area (Å²) >= 11 is 0. The lowest BCUT2D eigenvalue weighted by Gasteiger charge is -2.08. The molecule has 0 amide bonds. The average molecular weight is 243 g/mol. The average Bonchev–Trinajstić information content (AvgIpc) is 2.38. The lowest BCUT2D eigenvalue weighted by atomic mass is 10.2. The Morgan fingerprint density at radius 3 is 2.56 bits per heavy atom. The second kappa shape index (κ2) is 5.44. The van der Waals surface area contributed by atoms with Crippen LogP contribution in [0.1, 0.15) is 25.2 Å². The summed E-state index contributed by atoms with van der Waals surface area (Å²) in [6.45, 7) is 4.11. The van der Waals surface area contributed by atoms with Crippen LogP contribution in [-0.2, 0) is 12.8 Å². The largest absolute Gasteiger partial charge is 0.399 e. The Balaban J connectivity index is 2.24. The molecule has 0 bridgehead atoms. The predicted molar refractivity (Wildman–Crippen MR) is 72.7 cm³/mol. The Hall–Kier alpha value is -2.17. The van der Waals surface area contributed by atoms with Gasteiger partial charge in [-0.05, 0) is 31.0 Å². The van der Waals surface area contributed by atoms with Crippen LogP contribution in [0.15, 0.2) is 24.3 Å². The maximum Gasteiger partial charge on any atom is 0.247 e. The molecule has 0 radical (unpaired) electrons. The first-order valence-electron chi connectivity index (χ1n) is 6.08. The molecule has 0 spiro atoms. The number of hydrogen-bond acceptors (Lipinski definition) is 5. The molecule has 1 heterocycles. The van der Waals surface area contributed by atoms with Crippen molar-refractivity contribution >= 4 is 17.3 Å². The Morgan fingerprint density at radius 2 is 1.89 bits per heavy atom. The highest BCUT2D eigenvalue weighted by molar-refractivity contribution is 5.59. The van der Waals surface area contributed by atoms with Gasteiger partial charge in [0.25, 0.3) is 0 Å². The molecular formula is C13H17N5. The lowest BCUT2D eigenvalue weighted by Crippen LogP contribution is -2.06. The third-order valence-electron chi connectivity index (χ3n) is 2.65. The van der Waals surface area contributed by atoms with Crippen molar-refractivity contribution in [2.75, 3.05) is 11.1 Å². The number of anilines is 3. The van der Waals surface area contributed by atoms with E-state index >= 15 is 0 Å². The molecule has 2 rings (SSSR count). The number of nitrogens with zero attached hydrogens (tertiary/aromatic N) is 3. The monoisotopic (exact) mass is 243 g/mol. The first kappa shape index (κ1) is 12.3. The van der Waals surface area contributed by atoms with Crippen molar-refractivity contribution in [1.29, 1.82) is 0 Å². The fraction of sp³-hybridized carbons (Fsp3) is 0.308. The van der Waals surface area contributed by atoms with Crippen molar-refractivity contribution < 1.29 is 0 Å². The number of rotatable bonds is 4. The molecule has 0 fully saturated rings. The predicted octanol–water partition coefficient (Wildman–Crippen LogP) is 2.32. The maximum absolute atomic E-state index is 5.72. The molecule has 0 saturated carbocycles. The SMILES string of the molecule is CCc1nnc(Nc2cccc(N)c2)nc1CC. The Morgan fingerprint density at radius 1 is 1.11 bits per heavy atom. The standard InChI is InChI=1S/C13H17N5/c1-3-11-12(4-2)17-18-13(16-11)15-10-7-5-6-9(14)8-10/h5-8H,3-4,14H2,1-2H3,(H,15,16,18). The maximum atomic E-state index is 5.72. The zero-order valence-electron chi connectivity index (χ0n) is 10.6. The Labute approximate surface area is 106 Å². The molecule has 0 atom stereocenters. The zero-order valence-corrected chi connectivity index (χ0v) is 10.6. The van der Waals surface area contributed by atoms with E-state index in [1.165, 1.54) is 0 Å². The highest BCUT2D eigenvalue weighted by Gasteiger charge is 2.06. The minimum atomic E-state index is 0.509. The van der Waals surface area contributed by atoms with Gasteiger partial charge in [0.2, 0.25) is 5.95 Å². The smallest absolute Gasteiger partial charge is 0.247 e. The van der Waals surface area contributed by atoms with Crippen LogP contribution in [-0.4, -0.2) is 15.2 Å². The van der Waals surface area contributed by atoms with Gasteiger partial charge in [-0.1, -0.05) is 19.9 Å². The van der Waals surface area contributed by atoms with E-state index in [0.717, 1.165) is 29.9 Å². The van der Waals surface area contributed by atoms with Crippen molar-refractivity contribution in [3.63, 3.8) is 0 Å². The number of aromatic nitrogens is 3. The molecule has 0 saturated heterocycles. The van der Waals surface area contributed by atoms with E-state index in [2.05, 4.69) is 34.3 Å². The molecule has 3 N–H and O–H groups in total. The summed E-state index contributed by atoms with van der Waals surface area (Å²) in [4.78, 5) is 4.46. The molecule has 1 aromatic heterocycles. The summed E-state index contributed by atoms with van der Waals surface area (Å²) in [6.07, 6.45) is 1.70. The van der Waals surface area contributed by atoms with E-state index in [0.29, 0.717) is 11.6 Å². The molecule has 2 aromatic rings. The molecule has 0 unspecified atom stereocenters. The molecule has 1 aromatic carbocycles. The van der Waals surface area contributed by atoms with E-state index in [1.807, 2.05) is 24.3 Å². The van der Waals surface area contributed by atoms with Gasteiger partial charge in [-0.2, -0.15) is 0 Å². The van der Waals surface area contributed by atoms with Crippen molar-refractivity contribution in [2.24, 2.45) is 0 Å². The van der Waals surface area contributed by atoms with Crippen molar-refractivity contribution in [1.82, 2.24) is 15.2 Å². The summed E-state index contributed by atoms with van der Waals surface area (Å²) in [6, 6.07) is 7.47. The van der Waals surface area contributed by atoms with Crippen LogP contribution >= 0.6 is 0 Å². The number of nitrogen functional groups attached to an aromatic ring is 1. The third kappa shape index (κ3) is 2.74. The van der Waals surface area contributed by atoms with E-state index in [-0.39, 0.29) is 0 Å². The van der Waals surface area contributed by atoms with Gasteiger partial charge in [-0.25, -0.2) is 4.98 Å². The summed E-state index contributed by atoms with van der Waals surface area (Å²) < 4.78 is 0. The van der Waals surface area contributed by atoms with Crippen LogP contribution in [0.2, 0.25) is 0 Å². The molecule has 5 nitrogen and oxygen atoms in total. The first-order chi connectivity index (χ1) is 8.72. The molecule has 18 heavy (non-hydrogen) atoms. The van der Waals surface area contributed by atoms with E-state index in [1.54, 1.807) is 0 Å². The van der Waals surface area contributed by atoms with E-state index < -0.39 is 0 Å². The molecular weight excluding hydrogens is 226 g/mol. The minimum absolute atomic E-state index is 0.509. The van der Waals surface area contributed by atoms with E-state index in [9.17, 15) is 0 Å². The third-order valence-corrected chi connectivity index (χ3v) is 2.65. The lowest BCUT2D eigenvalue weighted by molar-refractivity contribution is 0.829. The number of hydrogen-bond donors (Lipinski definition) is 2. The molecule has 94 valence electrons. The zero-order chi connectivity index (χ0) is 13.0. The summed E-state index contributed by atoms with van der Waals surface area (Å²) in [5.41, 5.74) is 9.22. The summed E-state index contributed by atoms with van der Waals surface area (Å²) in [5.74, 6) is 0.509. The molecule has 0 aliphatic carbocycles. The molecule has 5 heteroatoms. The van der Waals surface area contributed by atoms with Crippen LogP contribution in [0.5, 0.6) is 0 Å². The van der Waals surface area contributed by atoms with Crippen LogP contribution in [0.4, 0.5) is 17.3 Å². The van der Waals surface area contributed by atoms with Gasteiger partial charge in [-0.15, -0.1) is 10.2 Å². The molecule has 0 aliphatic rings. The van der Waals surface area contributed by atoms with Crippen molar-refractivity contribution in [2.45, 2.75) is 26.7 Å². The van der Waals surface area contributed by atoms with E-state index in [4.69, 9.17) is 5.73 Å². The topological polar surface area (TPSA) is 76.7 Å². The fourth-order valence-corrected chi connectivity index (χ4v) is 1.74. The summed E-state index contributed by atoms with van der Waals surface area (Å²) in [5, 5.41) is 11.4. The van der Waals surface area contributed by atoms with Gasteiger partial charge in [0.15, 0.2) is 0 Å². The van der Waals surface area contributed by atoms with Gasteiger partial charge in [-0.3, -0.25) is 0 Å². The van der Waals surface area contributed by atoms with Crippen molar-refractivity contribution in [3.05, 3.63) is 35.7 Å². The number of benzene rings is 1. The highest BCUT2D eigenvalue weighted by Crippen LogP contribution is 2.16.